The predicted molar refractivity (Wildman–Crippen MR) is 70.4 cm³/mol. The van der Waals surface area contributed by atoms with Gasteiger partial charge in [-0.15, -0.1) is 11.6 Å². The zero-order valence-corrected chi connectivity index (χ0v) is 10.8. The van der Waals surface area contributed by atoms with Gasteiger partial charge in [-0.1, -0.05) is 24.3 Å². The summed E-state index contributed by atoms with van der Waals surface area (Å²) in [7, 11) is 1.83. The van der Waals surface area contributed by atoms with Gasteiger partial charge in [0.15, 0.2) is 0 Å². The number of aromatic nitrogens is 2. The smallest absolute Gasteiger partial charge is 0.271 e. The quantitative estimate of drug-likeness (QED) is 0.859. The maximum Gasteiger partial charge on any atom is 0.271 e. The number of carbonyl (C=O) groups excluding carboxylic acids is 1. The number of rotatable bonds is 4. The lowest BCUT2D eigenvalue weighted by atomic mass is 10.1. The van der Waals surface area contributed by atoms with E-state index in [0.717, 1.165) is 11.1 Å². The number of hydrogen-bond donors (Lipinski definition) is 1. The summed E-state index contributed by atoms with van der Waals surface area (Å²) in [6, 6.07) is 7.82. The largest absolute Gasteiger partial charge is 0.347 e. The Morgan fingerprint density at radius 1 is 1.33 bits per heavy atom. The van der Waals surface area contributed by atoms with E-state index in [-0.39, 0.29) is 5.91 Å². The first-order valence-electron chi connectivity index (χ1n) is 5.59. The molecule has 0 spiro atoms. The van der Waals surface area contributed by atoms with Crippen molar-refractivity contribution in [3.63, 3.8) is 0 Å². The van der Waals surface area contributed by atoms with Crippen LogP contribution in [0.3, 0.4) is 0 Å². The first-order valence-corrected chi connectivity index (χ1v) is 6.12. The number of benzene rings is 1. The molecule has 2 aromatic rings. The third-order valence-corrected chi connectivity index (χ3v) is 2.88. The number of amides is 1. The summed E-state index contributed by atoms with van der Waals surface area (Å²) in [6.45, 7) is 0.484. The number of halogens is 1. The monoisotopic (exact) mass is 263 g/mol. The first-order chi connectivity index (χ1) is 8.69. The molecule has 0 aliphatic heterocycles. The maximum absolute atomic E-state index is 11.7. The Bertz CT molecular complexity index is 533. The molecule has 1 N–H and O–H groups in total. The normalized spacial score (nSPS) is 10.3. The van der Waals surface area contributed by atoms with Gasteiger partial charge in [-0.25, -0.2) is 4.98 Å². The molecule has 94 valence electrons. The molecule has 0 unspecified atom stereocenters. The van der Waals surface area contributed by atoms with Crippen molar-refractivity contribution < 1.29 is 4.79 Å². The lowest BCUT2D eigenvalue weighted by Crippen LogP contribution is -2.23. The van der Waals surface area contributed by atoms with Crippen LogP contribution in [-0.2, 0) is 19.5 Å². The van der Waals surface area contributed by atoms with Crippen LogP contribution in [0.15, 0.2) is 36.8 Å². The van der Waals surface area contributed by atoms with E-state index in [1.54, 1.807) is 17.1 Å². The molecule has 0 fully saturated rings. The zero-order valence-electron chi connectivity index (χ0n) is 10.1. The van der Waals surface area contributed by atoms with E-state index in [4.69, 9.17) is 11.6 Å². The Kier molecular flexibility index (Phi) is 3.99. The molecule has 1 heterocycles. The van der Waals surface area contributed by atoms with Gasteiger partial charge in [-0.2, -0.15) is 0 Å². The molecule has 1 amide bonds. The van der Waals surface area contributed by atoms with Crippen LogP contribution in [0.25, 0.3) is 0 Å². The number of hydrogen-bond acceptors (Lipinski definition) is 2. The summed E-state index contributed by atoms with van der Waals surface area (Å²) >= 11 is 5.71. The molecule has 4 nitrogen and oxygen atoms in total. The number of carbonyl (C=O) groups is 1. The molecular formula is C13H14ClN3O. The van der Waals surface area contributed by atoms with Crippen LogP contribution in [-0.4, -0.2) is 15.5 Å². The molecule has 1 aromatic heterocycles. The molecule has 0 atom stereocenters. The van der Waals surface area contributed by atoms with E-state index in [1.807, 2.05) is 31.3 Å². The van der Waals surface area contributed by atoms with Gasteiger partial charge in [0.2, 0.25) is 0 Å². The minimum Gasteiger partial charge on any atom is -0.347 e. The van der Waals surface area contributed by atoms with Gasteiger partial charge in [0, 0.05) is 25.7 Å². The van der Waals surface area contributed by atoms with Gasteiger partial charge in [0.05, 0.1) is 6.33 Å². The number of alkyl halides is 1. The number of nitrogens with one attached hydrogen (secondary N) is 1. The molecule has 0 saturated carbocycles. The summed E-state index contributed by atoms with van der Waals surface area (Å²) in [6.07, 6.45) is 3.29. The molecule has 0 radical (unpaired) electrons. The summed E-state index contributed by atoms with van der Waals surface area (Å²) in [5.74, 6) is 0.331. The Morgan fingerprint density at radius 3 is 2.56 bits per heavy atom. The highest BCUT2D eigenvalue weighted by atomic mass is 35.5. The second kappa shape index (κ2) is 5.69. The van der Waals surface area contributed by atoms with Crippen molar-refractivity contribution in [2.24, 2.45) is 7.05 Å². The Balaban J connectivity index is 1.92. The summed E-state index contributed by atoms with van der Waals surface area (Å²) in [4.78, 5) is 15.7. The minimum absolute atomic E-state index is 0.169. The second-order valence-corrected chi connectivity index (χ2v) is 4.32. The molecule has 2 rings (SSSR count). The molecular weight excluding hydrogens is 250 g/mol. The zero-order chi connectivity index (χ0) is 13.0. The van der Waals surface area contributed by atoms with Crippen molar-refractivity contribution in [1.82, 2.24) is 14.9 Å². The Labute approximate surface area is 111 Å². The van der Waals surface area contributed by atoms with Crippen molar-refractivity contribution in [2.45, 2.75) is 12.4 Å². The van der Waals surface area contributed by atoms with Crippen LogP contribution >= 0.6 is 11.6 Å². The average Bonchev–Trinajstić information content (AvgIpc) is 2.83. The number of aryl methyl sites for hydroxylation is 1. The summed E-state index contributed by atoms with van der Waals surface area (Å²) < 4.78 is 1.74. The molecule has 1 aromatic carbocycles. The van der Waals surface area contributed by atoms with Crippen LogP contribution in [0.4, 0.5) is 0 Å². The van der Waals surface area contributed by atoms with Crippen LogP contribution in [0.5, 0.6) is 0 Å². The highest BCUT2D eigenvalue weighted by Crippen LogP contribution is 2.06. The lowest BCUT2D eigenvalue weighted by molar-refractivity contribution is 0.0946. The van der Waals surface area contributed by atoms with Crippen molar-refractivity contribution in [3.05, 3.63) is 53.6 Å². The van der Waals surface area contributed by atoms with E-state index < -0.39 is 0 Å². The van der Waals surface area contributed by atoms with Crippen molar-refractivity contribution >= 4 is 17.5 Å². The Hall–Kier alpha value is -1.81. The predicted octanol–water partition coefficient (Wildman–Crippen LogP) is 2.09. The van der Waals surface area contributed by atoms with Crippen molar-refractivity contribution in [1.29, 1.82) is 0 Å². The van der Waals surface area contributed by atoms with Gasteiger partial charge in [-0.3, -0.25) is 4.79 Å². The molecule has 0 saturated heterocycles. The molecule has 0 aliphatic carbocycles. The fourth-order valence-electron chi connectivity index (χ4n) is 1.55. The summed E-state index contributed by atoms with van der Waals surface area (Å²) in [5, 5.41) is 2.82. The molecule has 0 aliphatic rings. The van der Waals surface area contributed by atoms with Gasteiger partial charge in [0.1, 0.15) is 5.69 Å². The van der Waals surface area contributed by atoms with Crippen molar-refractivity contribution in [3.8, 4) is 0 Å². The first kappa shape index (κ1) is 12.6. The fourth-order valence-corrected chi connectivity index (χ4v) is 1.73. The SMILES string of the molecule is Cn1cnc(C(=O)NCc2ccc(CCl)cc2)c1. The van der Waals surface area contributed by atoms with Crippen LogP contribution < -0.4 is 5.32 Å². The topological polar surface area (TPSA) is 46.9 Å². The van der Waals surface area contributed by atoms with Crippen LogP contribution in [0.1, 0.15) is 21.6 Å². The number of nitrogens with zero attached hydrogens (tertiary/aromatic N) is 2. The average molecular weight is 264 g/mol. The van der Waals surface area contributed by atoms with E-state index in [0.29, 0.717) is 18.1 Å². The maximum atomic E-state index is 11.7. The van der Waals surface area contributed by atoms with E-state index >= 15 is 0 Å². The van der Waals surface area contributed by atoms with E-state index in [2.05, 4.69) is 10.3 Å². The summed E-state index contributed by atoms with van der Waals surface area (Å²) in [5.41, 5.74) is 2.53. The highest BCUT2D eigenvalue weighted by molar-refractivity contribution is 6.17. The van der Waals surface area contributed by atoms with Crippen LogP contribution in [0.2, 0.25) is 0 Å². The fraction of sp³-hybridized carbons (Fsp3) is 0.231. The van der Waals surface area contributed by atoms with Crippen molar-refractivity contribution in [2.75, 3.05) is 0 Å². The highest BCUT2D eigenvalue weighted by Gasteiger charge is 2.07. The van der Waals surface area contributed by atoms with Gasteiger partial charge in [0.25, 0.3) is 5.91 Å². The third kappa shape index (κ3) is 3.11. The molecule has 5 heteroatoms. The van der Waals surface area contributed by atoms with Gasteiger partial charge in [-0.05, 0) is 11.1 Å². The third-order valence-electron chi connectivity index (χ3n) is 2.57. The van der Waals surface area contributed by atoms with E-state index in [1.165, 1.54) is 0 Å². The molecule has 18 heavy (non-hydrogen) atoms. The molecule has 0 bridgehead atoms. The number of imidazole rings is 1. The van der Waals surface area contributed by atoms with Gasteiger partial charge >= 0.3 is 0 Å². The van der Waals surface area contributed by atoms with Crippen LogP contribution in [0, 0.1) is 0 Å². The standard InChI is InChI=1S/C13H14ClN3O/c1-17-8-12(16-9-17)13(18)15-7-11-4-2-10(6-14)3-5-11/h2-5,8-9H,6-7H2,1H3,(H,15,18). The minimum atomic E-state index is -0.169. The lowest BCUT2D eigenvalue weighted by Gasteiger charge is -2.04. The van der Waals surface area contributed by atoms with E-state index in [9.17, 15) is 4.79 Å². The second-order valence-electron chi connectivity index (χ2n) is 4.06. The Morgan fingerprint density at radius 2 is 2.00 bits per heavy atom. The van der Waals surface area contributed by atoms with Gasteiger partial charge < -0.3 is 9.88 Å².